The SMILES string of the molecule is Cc1ccccc1/N=C/c1cc([N+](=O)[O-])ccc1O. The molecule has 0 saturated carbocycles. The largest absolute Gasteiger partial charge is 0.507 e. The highest BCUT2D eigenvalue weighted by molar-refractivity contribution is 5.86. The molecule has 5 heteroatoms. The van der Waals surface area contributed by atoms with E-state index >= 15 is 0 Å². The second kappa shape index (κ2) is 5.30. The van der Waals surface area contributed by atoms with Gasteiger partial charge in [-0.2, -0.15) is 0 Å². The van der Waals surface area contributed by atoms with Gasteiger partial charge in [0.1, 0.15) is 5.75 Å². The van der Waals surface area contributed by atoms with Crippen molar-refractivity contribution in [1.82, 2.24) is 0 Å². The average molecular weight is 256 g/mol. The van der Waals surface area contributed by atoms with Gasteiger partial charge in [0, 0.05) is 23.9 Å². The second-order valence-corrected chi connectivity index (χ2v) is 4.04. The molecule has 0 radical (unpaired) electrons. The van der Waals surface area contributed by atoms with Gasteiger partial charge in [0.15, 0.2) is 0 Å². The number of aromatic hydroxyl groups is 1. The lowest BCUT2D eigenvalue weighted by Gasteiger charge is -2.00. The van der Waals surface area contributed by atoms with Crippen LogP contribution in [0.3, 0.4) is 0 Å². The Kier molecular flexibility index (Phi) is 3.56. The molecule has 2 rings (SSSR count). The van der Waals surface area contributed by atoms with Crippen LogP contribution in [0.1, 0.15) is 11.1 Å². The maximum Gasteiger partial charge on any atom is 0.270 e. The first kappa shape index (κ1) is 12.8. The van der Waals surface area contributed by atoms with Crippen LogP contribution < -0.4 is 0 Å². The van der Waals surface area contributed by atoms with Crippen LogP contribution in [0.5, 0.6) is 5.75 Å². The molecule has 0 spiro atoms. The zero-order chi connectivity index (χ0) is 13.8. The summed E-state index contributed by atoms with van der Waals surface area (Å²) in [6, 6.07) is 11.3. The number of rotatable bonds is 3. The Bertz CT molecular complexity index is 651. The van der Waals surface area contributed by atoms with E-state index in [9.17, 15) is 15.2 Å². The topological polar surface area (TPSA) is 75.7 Å². The number of hydrogen-bond acceptors (Lipinski definition) is 4. The number of hydrogen-bond donors (Lipinski definition) is 1. The van der Waals surface area contributed by atoms with Gasteiger partial charge in [0.2, 0.25) is 0 Å². The van der Waals surface area contributed by atoms with Gasteiger partial charge in [-0.25, -0.2) is 0 Å². The summed E-state index contributed by atoms with van der Waals surface area (Å²) in [7, 11) is 0. The van der Waals surface area contributed by atoms with Gasteiger partial charge in [-0.15, -0.1) is 0 Å². The summed E-state index contributed by atoms with van der Waals surface area (Å²) >= 11 is 0. The first-order valence-corrected chi connectivity index (χ1v) is 5.65. The lowest BCUT2D eigenvalue weighted by molar-refractivity contribution is -0.384. The van der Waals surface area contributed by atoms with E-state index in [1.807, 2.05) is 31.2 Å². The molecule has 0 saturated heterocycles. The van der Waals surface area contributed by atoms with Crippen LogP contribution in [0.2, 0.25) is 0 Å². The fraction of sp³-hybridized carbons (Fsp3) is 0.0714. The predicted octanol–water partition coefficient (Wildman–Crippen LogP) is 3.36. The number of para-hydroxylation sites is 1. The molecule has 0 amide bonds. The predicted molar refractivity (Wildman–Crippen MR) is 73.2 cm³/mol. The molecule has 0 aromatic heterocycles. The summed E-state index contributed by atoms with van der Waals surface area (Å²) < 4.78 is 0. The minimum atomic E-state index is -0.509. The van der Waals surface area contributed by atoms with E-state index in [0.29, 0.717) is 5.56 Å². The number of non-ortho nitro benzene ring substituents is 1. The van der Waals surface area contributed by atoms with Crippen LogP contribution in [0.25, 0.3) is 0 Å². The Hall–Kier alpha value is -2.69. The fourth-order valence-corrected chi connectivity index (χ4v) is 1.61. The highest BCUT2D eigenvalue weighted by atomic mass is 16.6. The summed E-state index contributed by atoms with van der Waals surface area (Å²) in [6.45, 7) is 1.92. The van der Waals surface area contributed by atoms with E-state index in [-0.39, 0.29) is 11.4 Å². The van der Waals surface area contributed by atoms with Gasteiger partial charge in [-0.3, -0.25) is 15.1 Å². The Balaban J connectivity index is 2.35. The van der Waals surface area contributed by atoms with Gasteiger partial charge >= 0.3 is 0 Å². The molecule has 1 N–H and O–H groups in total. The normalized spacial score (nSPS) is 10.8. The monoisotopic (exact) mass is 256 g/mol. The van der Waals surface area contributed by atoms with Crippen molar-refractivity contribution in [3.8, 4) is 5.75 Å². The van der Waals surface area contributed by atoms with Crippen molar-refractivity contribution in [2.45, 2.75) is 6.92 Å². The third-order valence-electron chi connectivity index (χ3n) is 2.68. The summed E-state index contributed by atoms with van der Waals surface area (Å²) in [5.74, 6) is -0.0389. The van der Waals surface area contributed by atoms with E-state index in [0.717, 1.165) is 11.3 Å². The van der Waals surface area contributed by atoms with E-state index in [2.05, 4.69) is 4.99 Å². The summed E-state index contributed by atoms with van der Waals surface area (Å²) in [5, 5.41) is 20.3. The highest BCUT2D eigenvalue weighted by Gasteiger charge is 2.08. The van der Waals surface area contributed by atoms with E-state index in [1.54, 1.807) is 0 Å². The van der Waals surface area contributed by atoms with Crippen LogP contribution >= 0.6 is 0 Å². The van der Waals surface area contributed by atoms with Crippen LogP contribution in [-0.4, -0.2) is 16.2 Å². The third kappa shape index (κ3) is 2.95. The number of benzene rings is 2. The lowest BCUT2D eigenvalue weighted by Crippen LogP contribution is -1.90. The molecular weight excluding hydrogens is 244 g/mol. The molecule has 0 unspecified atom stereocenters. The minimum absolute atomic E-state index is 0.0389. The number of aryl methyl sites for hydroxylation is 1. The zero-order valence-corrected chi connectivity index (χ0v) is 10.3. The number of aliphatic imine (C=N–C) groups is 1. The van der Waals surface area contributed by atoms with Crippen molar-refractivity contribution in [2.24, 2.45) is 4.99 Å². The van der Waals surface area contributed by atoms with Crippen molar-refractivity contribution in [1.29, 1.82) is 0 Å². The molecule has 0 heterocycles. The van der Waals surface area contributed by atoms with E-state index in [1.165, 1.54) is 24.4 Å². The molecule has 2 aromatic rings. The zero-order valence-electron chi connectivity index (χ0n) is 10.3. The lowest BCUT2D eigenvalue weighted by atomic mass is 10.2. The minimum Gasteiger partial charge on any atom is -0.507 e. The smallest absolute Gasteiger partial charge is 0.270 e. The molecule has 0 aliphatic heterocycles. The Labute approximate surface area is 110 Å². The standard InChI is InChI=1S/C14H12N2O3/c1-10-4-2-3-5-13(10)15-9-11-8-12(16(18)19)6-7-14(11)17/h2-9,17H,1H3/b15-9+. The molecule has 0 aliphatic rings. The number of nitro groups is 1. The number of nitrogens with zero attached hydrogens (tertiary/aromatic N) is 2. The quantitative estimate of drug-likeness (QED) is 0.519. The maximum absolute atomic E-state index is 10.7. The third-order valence-corrected chi connectivity index (χ3v) is 2.68. The van der Waals surface area contributed by atoms with Crippen LogP contribution in [0.4, 0.5) is 11.4 Å². The Morgan fingerprint density at radius 1 is 1.26 bits per heavy atom. The van der Waals surface area contributed by atoms with Crippen LogP contribution in [0.15, 0.2) is 47.5 Å². The van der Waals surface area contributed by atoms with Crippen molar-refractivity contribution < 1.29 is 10.0 Å². The summed E-state index contributed by atoms with van der Waals surface area (Å²) in [6.07, 6.45) is 1.42. The van der Waals surface area contributed by atoms with E-state index < -0.39 is 4.92 Å². The van der Waals surface area contributed by atoms with Gasteiger partial charge in [0.05, 0.1) is 10.6 Å². The molecule has 0 fully saturated rings. The van der Waals surface area contributed by atoms with Gasteiger partial charge < -0.3 is 5.11 Å². The number of nitro benzene ring substituents is 1. The summed E-state index contributed by atoms with van der Waals surface area (Å²) in [4.78, 5) is 14.4. The molecule has 2 aromatic carbocycles. The fourth-order valence-electron chi connectivity index (χ4n) is 1.61. The molecule has 0 atom stereocenters. The molecular formula is C14H12N2O3. The average Bonchev–Trinajstić information content (AvgIpc) is 2.39. The molecule has 0 aliphatic carbocycles. The Morgan fingerprint density at radius 3 is 2.68 bits per heavy atom. The van der Waals surface area contributed by atoms with E-state index in [4.69, 9.17) is 0 Å². The van der Waals surface area contributed by atoms with Crippen molar-refractivity contribution in [3.05, 3.63) is 63.7 Å². The molecule has 19 heavy (non-hydrogen) atoms. The number of phenolic OH excluding ortho intramolecular Hbond substituents is 1. The summed E-state index contributed by atoms with van der Waals surface area (Å²) in [5.41, 5.74) is 1.98. The Morgan fingerprint density at radius 2 is 2.00 bits per heavy atom. The molecule has 5 nitrogen and oxygen atoms in total. The number of phenols is 1. The highest BCUT2D eigenvalue weighted by Crippen LogP contribution is 2.23. The van der Waals surface area contributed by atoms with Crippen molar-refractivity contribution in [3.63, 3.8) is 0 Å². The van der Waals surface area contributed by atoms with Gasteiger partial charge in [-0.05, 0) is 24.6 Å². The van der Waals surface area contributed by atoms with Crippen LogP contribution in [-0.2, 0) is 0 Å². The molecule has 96 valence electrons. The second-order valence-electron chi connectivity index (χ2n) is 4.04. The van der Waals surface area contributed by atoms with Crippen molar-refractivity contribution in [2.75, 3.05) is 0 Å². The first-order chi connectivity index (χ1) is 9.08. The van der Waals surface area contributed by atoms with Gasteiger partial charge in [0.25, 0.3) is 5.69 Å². The van der Waals surface area contributed by atoms with Gasteiger partial charge in [-0.1, -0.05) is 18.2 Å². The molecule has 0 bridgehead atoms. The van der Waals surface area contributed by atoms with Crippen molar-refractivity contribution >= 4 is 17.6 Å². The maximum atomic E-state index is 10.7. The first-order valence-electron chi connectivity index (χ1n) is 5.65. The van der Waals surface area contributed by atoms with Crippen LogP contribution in [0, 0.1) is 17.0 Å².